The van der Waals surface area contributed by atoms with Crippen LogP contribution in [0.4, 0.5) is 5.69 Å². The molecule has 0 saturated heterocycles. The first kappa shape index (κ1) is 19.5. The molecule has 0 aromatic heterocycles. The van der Waals surface area contributed by atoms with Crippen LogP contribution in [0.15, 0.2) is 77.8 Å². The summed E-state index contributed by atoms with van der Waals surface area (Å²) in [6.07, 6.45) is 0. The van der Waals surface area contributed by atoms with Gasteiger partial charge in [-0.15, -0.1) is 0 Å². The van der Waals surface area contributed by atoms with Crippen molar-refractivity contribution in [1.29, 1.82) is 0 Å². The van der Waals surface area contributed by atoms with Gasteiger partial charge in [0, 0.05) is 21.2 Å². The smallest absolute Gasteiger partial charge is 0.253 e. The topological polar surface area (TPSA) is 70.7 Å². The fourth-order valence-electron chi connectivity index (χ4n) is 3.53. The predicted molar refractivity (Wildman–Crippen MR) is 116 cm³/mol. The third-order valence-corrected chi connectivity index (χ3v) is 5.24. The fraction of sp³-hybridized carbons (Fsp3) is 0.0909. The molecule has 1 aliphatic heterocycles. The van der Waals surface area contributed by atoms with E-state index in [1.54, 1.807) is 6.07 Å². The van der Waals surface area contributed by atoms with Crippen molar-refractivity contribution in [2.45, 2.75) is 6.04 Å². The number of carbonyl (C=O) groups excluding carboxylic acids is 1. The van der Waals surface area contributed by atoms with Crippen LogP contribution in [0, 0.1) is 0 Å². The maximum atomic E-state index is 12.3. The van der Waals surface area contributed by atoms with Gasteiger partial charge in [-0.3, -0.25) is 10.2 Å². The van der Waals surface area contributed by atoms with Crippen molar-refractivity contribution in [3.63, 3.8) is 0 Å². The van der Waals surface area contributed by atoms with Crippen molar-refractivity contribution < 1.29 is 4.79 Å². The van der Waals surface area contributed by atoms with E-state index >= 15 is 0 Å². The molecular weight excluding hydrogens is 407 g/mol. The number of hydrogen-bond acceptors (Lipinski definition) is 4. The number of benzene rings is 3. The lowest BCUT2D eigenvalue weighted by Gasteiger charge is -2.38. The Kier molecular flexibility index (Phi) is 5.53. The second-order valence-corrected chi connectivity index (χ2v) is 7.53. The molecule has 3 N–H and O–H groups in total. The Balaban J connectivity index is 1.95. The largest absolute Gasteiger partial charge is 0.336 e. The van der Waals surface area contributed by atoms with E-state index in [1.807, 2.05) is 71.6 Å². The van der Waals surface area contributed by atoms with Gasteiger partial charge in [-0.1, -0.05) is 65.7 Å². The molecule has 0 spiro atoms. The molecule has 3 aromatic carbocycles. The predicted octanol–water partition coefficient (Wildman–Crippen LogP) is 4.47. The molecule has 0 saturated carbocycles. The summed E-state index contributed by atoms with van der Waals surface area (Å²) in [5, 5.41) is 1.20. The molecule has 1 heterocycles. The molecule has 0 unspecified atom stereocenters. The van der Waals surface area contributed by atoms with Gasteiger partial charge in [-0.25, -0.2) is 10.8 Å². The molecule has 0 bridgehead atoms. The third-order valence-electron chi connectivity index (χ3n) is 4.77. The number of hydrazine groups is 1. The van der Waals surface area contributed by atoms with Crippen molar-refractivity contribution >= 4 is 40.6 Å². The van der Waals surface area contributed by atoms with E-state index in [0.717, 1.165) is 22.4 Å². The Bertz CT molecular complexity index is 1090. The van der Waals surface area contributed by atoms with E-state index in [2.05, 4.69) is 5.43 Å². The van der Waals surface area contributed by atoms with Crippen LogP contribution in [-0.4, -0.2) is 23.2 Å². The number of aliphatic imine (C=N–C) groups is 1. The highest BCUT2D eigenvalue weighted by Crippen LogP contribution is 2.41. The Morgan fingerprint density at radius 3 is 2.48 bits per heavy atom. The van der Waals surface area contributed by atoms with Crippen LogP contribution in [-0.2, 0) is 4.79 Å². The van der Waals surface area contributed by atoms with Gasteiger partial charge in [0.15, 0.2) is 0 Å². The second-order valence-electron chi connectivity index (χ2n) is 6.66. The molecule has 1 amide bonds. The number of nitrogens with two attached hydrogens (primary N) is 1. The van der Waals surface area contributed by atoms with E-state index in [9.17, 15) is 4.79 Å². The Morgan fingerprint density at radius 2 is 1.76 bits per heavy atom. The van der Waals surface area contributed by atoms with E-state index in [1.165, 1.54) is 0 Å². The molecule has 4 rings (SSSR count). The summed E-state index contributed by atoms with van der Waals surface area (Å²) in [5.74, 6) is 5.70. The first-order valence-corrected chi connectivity index (χ1v) is 9.77. The van der Waals surface area contributed by atoms with Gasteiger partial charge in [0.2, 0.25) is 0 Å². The van der Waals surface area contributed by atoms with Crippen LogP contribution in [0.25, 0.3) is 0 Å². The van der Waals surface area contributed by atoms with Gasteiger partial charge >= 0.3 is 0 Å². The summed E-state index contributed by atoms with van der Waals surface area (Å²) in [4.78, 5) is 19.1. The zero-order chi connectivity index (χ0) is 20.4. The zero-order valence-corrected chi connectivity index (χ0v) is 16.9. The molecule has 1 atom stereocenters. The maximum Gasteiger partial charge on any atom is 0.253 e. The van der Waals surface area contributed by atoms with Crippen molar-refractivity contribution in [2.75, 3.05) is 6.54 Å². The summed E-state index contributed by atoms with van der Waals surface area (Å²) >= 11 is 12.5. The van der Waals surface area contributed by atoms with Crippen molar-refractivity contribution in [3.05, 3.63) is 99.5 Å². The van der Waals surface area contributed by atoms with Crippen LogP contribution < -0.4 is 11.3 Å². The normalized spacial score (nSPS) is 15.5. The molecule has 0 fully saturated rings. The number of carbonyl (C=O) groups is 1. The minimum Gasteiger partial charge on any atom is -0.336 e. The minimum atomic E-state index is -0.328. The van der Waals surface area contributed by atoms with Crippen LogP contribution in [0.3, 0.4) is 0 Å². The Hall–Kier alpha value is -2.86. The molecule has 1 aliphatic rings. The van der Waals surface area contributed by atoms with E-state index in [-0.39, 0.29) is 18.5 Å². The monoisotopic (exact) mass is 424 g/mol. The van der Waals surface area contributed by atoms with Gasteiger partial charge in [0.05, 0.1) is 11.7 Å². The van der Waals surface area contributed by atoms with Gasteiger partial charge in [-0.2, -0.15) is 0 Å². The summed E-state index contributed by atoms with van der Waals surface area (Å²) in [7, 11) is 0. The lowest BCUT2D eigenvalue weighted by atomic mass is 9.93. The van der Waals surface area contributed by atoms with E-state index in [4.69, 9.17) is 34.0 Å². The van der Waals surface area contributed by atoms with Gasteiger partial charge < -0.3 is 4.90 Å². The minimum absolute atomic E-state index is 0.0212. The summed E-state index contributed by atoms with van der Waals surface area (Å²) < 4.78 is 0. The van der Waals surface area contributed by atoms with Gasteiger partial charge in [0.25, 0.3) is 5.91 Å². The molecule has 5 nitrogen and oxygen atoms in total. The molecule has 0 radical (unpaired) electrons. The highest BCUT2D eigenvalue weighted by Gasteiger charge is 2.33. The number of rotatable bonds is 4. The number of nitrogens with one attached hydrogen (secondary N) is 1. The lowest BCUT2D eigenvalue weighted by Crippen LogP contribution is -2.46. The zero-order valence-electron chi connectivity index (χ0n) is 15.3. The van der Waals surface area contributed by atoms with Crippen LogP contribution in [0.2, 0.25) is 10.0 Å². The lowest BCUT2D eigenvalue weighted by molar-refractivity contribution is -0.121. The number of hydrogen-bond donors (Lipinski definition) is 2. The number of amidine groups is 1. The van der Waals surface area contributed by atoms with Crippen LogP contribution >= 0.6 is 23.2 Å². The Morgan fingerprint density at radius 1 is 1.00 bits per heavy atom. The van der Waals surface area contributed by atoms with Crippen molar-refractivity contribution in [3.8, 4) is 0 Å². The number of nitrogens with zero attached hydrogens (tertiary/aromatic N) is 2. The second kappa shape index (κ2) is 8.25. The SMILES string of the molecule is NNC(=O)CN1C(c2cccc(Cl)c2)=Nc2ccc(Cl)cc2[C@H]1c1ccccc1. The Labute approximate surface area is 178 Å². The standard InChI is InChI=1S/C22H18Cl2N4O/c23-16-8-4-7-15(11-16)22-26-19-10-9-17(24)12-18(19)21(14-5-2-1-3-6-14)28(22)13-20(29)27-25/h1-12,21H,13,25H2,(H,27,29)/t21-/m1/s1. The maximum absolute atomic E-state index is 12.3. The first-order valence-electron chi connectivity index (χ1n) is 9.02. The highest BCUT2D eigenvalue weighted by atomic mass is 35.5. The van der Waals surface area contributed by atoms with E-state index in [0.29, 0.717) is 15.9 Å². The van der Waals surface area contributed by atoms with Gasteiger partial charge in [-0.05, 0) is 35.9 Å². The third kappa shape index (κ3) is 3.98. The fourth-order valence-corrected chi connectivity index (χ4v) is 3.90. The molecule has 7 heteroatoms. The average Bonchev–Trinajstić information content (AvgIpc) is 2.73. The molecule has 0 aliphatic carbocycles. The number of fused-ring (bicyclic) bond motifs is 1. The first-order chi connectivity index (χ1) is 14.1. The van der Waals surface area contributed by atoms with Crippen molar-refractivity contribution in [2.24, 2.45) is 10.8 Å². The van der Waals surface area contributed by atoms with Crippen LogP contribution in [0.5, 0.6) is 0 Å². The quantitative estimate of drug-likeness (QED) is 0.368. The number of amides is 1. The number of halogens is 2. The summed E-state index contributed by atoms with van der Waals surface area (Å²) in [5.41, 5.74) is 5.74. The van der Waals surface area contributed by atoms with E-state index < -0.39 is 0 Å². The summed E-state index contributed by atoms with van der Waals surface area (Å²) in [6, 6.07) is 22.6. The van der Waals surface area contributed by atoms with Crippen molar-refractivity contribution in [1.82, 2.24) is 10.3 Å². The molecule has 3 aromatic rings. The highest BCUT2D eigenvalue weighted by molar-refractivity contribution is 6.31. The molecule has 146 valence electrons. The van der Waals surface area contributed by atoms with Crippen LogP contribution in [0.1, 0.15) is 22.7 Å². The average molecular weight is 425 g/mol. The molecule has 29 heavy (non-hydrogen) atoms. The summed E-state index contributed by atoms with van der Waals surface area (Å²) in [6.45, 7) is 0.0212. The van der Waals surface area contributed by atoms with Gasteiger partial charge in [0.1, 0.15) is 12.4 Å². The molecular formula is C22H18Cl2N4O.